The number of amides is 1. The lowest BCUT2D eigenvalue weighted by Gasteiger charge is -2.31. The maximum Gasteiger partial charge on any atom is 0.224 e. The molecule has 2 heterocycles. The first-order chi connectivity index (χ1) is 9.74. The summed E-state index contributed by atoms with van der Waals surface area (Å²) in [6.45, 7) is 4.66. The van der Waals surface area contributed by atoms with Crippen LogP contribution in [-0.4, -0.2) is 49.7 Å². The number of anilines is 1. The highest BCUT2D eigenvalue weighted by Gasteiger charge is 2.27. The van der Waals surface area contributed by atoms with Gasteiger partial charge in [0, 0.05) is 44.3 Å². The zero-order valence-corrected chi connectivity index (χ0v) is 11.6. The first-order valence-corrected chi connectivity index (χ1v) is 7.18. The molecule has 108 valence electrons. The number of rotatable bonds is 3. The van der Waals surface area contributed by atoms with Crippen molar-refractivity contribution in [1.29, 1.82) is 0 Å². The molecule has 5 heteroatoms. The average Bonchev–Trinajstić information content (AvgIpc) is 2.78. The maximum atomic E-state index is 11.9. The Labute approximate surface area is 119 Å². The number of hydrogen-bond donors (Lipinski definition) is 1. The minimum absolute atomic E-state index is 0.0157. The van der Waals surface area contributed by atoms with Gasteiger partial charge in [0.25, 0.3) is 0 Å². The normalized spacial score (nSPS) is 23.4. The zero-order chi connectivity index (χ0) is 13.9. The lowest BCUT2D eigenvalue weighted by Crippen LogP contribution is -2.37. The number of nitrogens with two attached hydrogens (primary N) is 1. The van der Waals surface area contributed by atoms with Crippen LogP contribution in [0.3, 0.4) is 0 Å². The number of ether oxygens (including phenoxy) is 1. The number of benzene rings is 1. The maximum absolute atomic E-state index is 11.9. The van der Waals surface area contributed by atoms with Gasteiger partial charge in [-0.05, 0) is 11.6 Å². The second-order valence-corrected chi connectivity index (χ2v) is 5.47. The molecule has 0 aliphatic carbocycles. The van der Waals surface area contributed by atoms with E-state index in [1.807, 2.05) is 17.0 Å². The Morgan fingerprint density at radius 2 is 2.00 bits per heavy atom. The fourth-order valence-electron chi connectivity index (χ4n) is 2.92. The van der Waals surface area contributed by atoms with Crippen LogP contribution in [0, 0.1) is 0 Å². The van der Waals surface area contributed by atoms with Gasteiger partial charge >= 0.3 is 0 Å². The molecule has 3 rings (SSSR count). The number of nitrogens with zero attached hydrogens (tertiary/aromatic N) is 2. The van der Waals surface area contributed by atoms with E-state index in [0.717, 1.165) is 26.3 Å². The minimum Gasteiger partial charge on any atom is -0.378 e. The van der Waals surface area contributed by atoms with Gasteiger partial charge in [-0.15, -0.1) is 0 Å². The lowest BCUT2D eigenvalue weighted by molar-refractivity contribution is -0.128. The molecule has 2 saturated heterocycles. The van der Waals surface area contributed by atoms with Gasteiger partial charge in [-0.1, -0.05) is 18.2 Å². The molecule has 0 saturated carbocycles. The van der Waals surface area contributed by atoms with Crippen molar-refractivity contribution in [2.24, 2.45) is 5.73 Å². The average molecular weight is 275 g/mol. The minimum atomic E-state index is -0.0157. The Kier molecular flexibility index (Phi) is 3.89. The van der Waals surface area contributed by atoms with Crippen LogP contribution in [0.2, 0.25) is 0 Å². The first kappa shape index (κ1) is 13.4. The molecule has 2 fully saturated rings. The Balaban J connectivity index is 1.77. The number of likely N-dealkylation sites (tertiary alicyclic amines) is 1. The monoisotopic (exact) mass is 275 g/mol. The summed E-state index contributed by atoms with van der Waals surface area (Å²) < 4.78 is 5.40. The third-order valence-corrected chi connectivity index (χ3v) is 3.95. The predicted molar refractivity (Wildman–Crippen MR) is 77.5 cm³/mol. The van der Waals surface area contributed by atoms with Crippen LogP contribution in [0.4, 0.5) is 5.69 Å². The Bertz CT molecular complexity index is 486. The third kappa shape index (κ3) is 2.78. The van der Waals surface area contributed by atoms with Gasteiger partial charge < -0.3 is 20.3 Å². The molecule has 5 nitrogen and oxygen atoms in total. The predicted octanol–water partition coefficient (Wildman–Crippen LogP) is 0.583. The summed E-state index contributed by atoms with van der Waals surface area (Å²) in [5.41, 5.74) is 8.26. The van der Waals surface area contributed by atoms with Crippen LogP contribution in [0.15, 0.2) is 24.3 Å². The van der Waals surface area contributed by atoms with Gasteiger partial charge in [0.05, 0.1) is 13.2 Å². The first-order valence-electron chi connectivity index (χ1n) is 7.18. The summed E-state index contributed by atoms with van der Waals surface area (Å²) in [5.74, 6) is 0.161. The number of carbonyl (C=O) groups is 1. The summed E-state index contributed by atoms with van der Waals surface area (Å²) in [5, 5.41) is 0. The quantitative estimate of drug-likeness (QED) is 0.877. The number of carbonyl (C=O) groups excluding carboxylic acids is 1. The Morgan fingerprint density at radius 3 is 2.70 bits per heavy atom. The van der Waals surface area contributed by atoms with Gasteiger partial charge in [0.2, 0.25) is 5.91 Å². The fraction of sp³-hybridized carbons (Fsp3) is 0.533. The van der Waals surface area contributed by atoms with Crippen molar-refractivity contribution in [2.75, 3.05) is 37.7 Å². The van der Waals surface area contributed by atoms with Crippen molar-refractivity contribution in [3.05, 3.63) is 29.8 Å². The molecule has 1 aromatic carbocycles. The van der Waals surface area contributed by atoms with Gasteiger partial charge in [-0.3, -0.25) is 4.79 Å². The van der Waals surface area contributed by atoms with Crippen LogP contribution in [0.5, 0.6) is 0 Å². The zero-order valence-electron chi connectivity index (χ0n) is 11.6. The second kappa shape index (κ2) is 5.81. The van der Waals surface area contributed by atoms with Crippen molar-refractivity contribution in [3.8, 4) is 0 Å². The summed E-state index contributed by atoms with van der Waals surface area (Å²) in [7, 11) is 0. The highest BCUT2D eigenvalue weighted by molar-refractivity contribution is 5.79. The van der Waals surface area contributed by atoms with E-state index in [1.54, 1.807) is 0 Å². The van der Waals surface area contributed by atoms with E-state index in [1.165, 1.54) is 11.3 Å². The molecule has 0 radical (unpaired) electrons. The van der Waals surface area contributed by atoms with Gasteiger partial charge in [0.1, 0.15) is 0 Å². The summed E-state index contributed by atoms with van der Waals surface area (Å²) in [6.07, 6.45) is 0.472. The summed E-state index contributed by atoms with van der Waals surface area (Å²) in [6, 6.07) is 8.28. The standard InChI is InChI=1S/C15H21N3O2/c16-13-9-15(19)18(11-13)10-12-3-1-2-4-14(12)17-5-7-20-8-6-17/h1-4,13H,5-11,16H2. The Hall–Kier alpha value is -1.59. The smallest absolute Gasteiger partial charge is 0.224 e. The fourth-order valence-corrected chi connectivity index (χ4v) is 2.92. The van der Waals surface area contributed by atoms with E-state index in [2.05, 4.69) is 17.0 Å². The largest absolute Gasteiger partial charge is 0.378 e. The Morgan fingerprint density at radius 1 is 1.25 bits per heavy atom. The summed E-state index contributed by atoms with van der Waals surface area (Å²) >= 11 is 0. The van der Waals surface area contributed by atoms with Crippen molar-refractivity contribution in [3.63, 3.8) is 0 Å². The van der Waals surface area contributed by atoms with E-state index in [-0.39, 0.29) is 11.9 Å². The van der Waals surface area contributed by atoms with E-state index in [4.69, 9.17) is 10.5 Å². The van der Waals surface area contributed by atoms with E-state index in [9.17, 15) is 4.79 Å². The molecule has 0 spiro atoms. The van der Waals surface area contributed by atoms with Gasteiger partial charge in [-0.25, -0.2) is 0 Å². The topological polar surface area (TPSA) is 58.8 Å². The van der Waals surface area contributed by atoms with Crippen LogP contribution < -0.4 is 10.6 Å². The molecule has 1 amide bonds. The van der Waals surface area contributed by atoms with E-state index >= 15 is 0 Å². The lowest BCUT2D eigenvalue weighted by atomic mass is 10.1. The van der Waals surface area contributed by atoms with Crippen LogP contribution >= 0.6 is 0 Å². The molecular formula is C15H21N3O2. The number of morpholine rings is 1. The molecule has 20 heavy (non-hydrogen) atoms. The SMILES string of the molecule is NC1CC(=O)N(Cc2ccccc2N2CCOCC2)C1. The van der Waals surface area contributed by atoms with Crippen molar-refractivity contribution in [2.45, 2.75) is 19.0 Å². The molecule has 0 bridgehead atoms. The molecule has 2 aliphatic rings. The third-order valence-electron chi connectivity index (χ3n) is 3.95. The molecule has 1 unspecified atom stereocenters. The van der Waals surface area contributed by atoms with Gasteiger partial charge in [0.15, 0.2) is 0 Å². The molecule has 1 atom stereocenters. The molecule has 2 aliphatic heterocycles. The van der Waals surface area contributed by atoms with Crippen LogP contribution in [-0.2, 0) is 16.1 Å². The second-order valence-electron chi connectivity index (χ2n) is 5.47. The van der Waals surface area contributed by atoms with E-state index < -0.39 is 0 Å². The highest BCUT2D eigenvalue weighted by atomic mass is 16.5. The molecule has 2 N–H and O–H groups in total. The molecule has 0 aromatic heterocycles. The highest BCUT2D eigenvalue weighted by Crippen LogP contribution is 2.24. The van der Waals surface area contributed by atoms with Crippen LogP contribution in [0.1, 0.15) is 12.0 Å². The molecular weight excluding hydrogens is 254 g/mol. The van der Waals surface area contributed by atoms with Crippen molar-refractivity contribution < 1.29 is 9.53 Å². The number of para-hydroxylation sites is 1. The van der Waals surface area contributed by atoms with Crippen LogP contribution in [0.25, 0.3) is 0 Å². The summed E-state index contributed by atoms with van der Waals surface area (Å²) in [4.78, 5) is 16.1. The van der Waals surface area contributed by atoms with Gasteiger partial charge in [-0.2, -0.15) is 0 Å². The van der Waals surface area contributed by atoms with Crippen molar-refractivity contribution >= 4 is 11.6 Å². The van der Waals surface area contributed by atoms with Crippen molar-refractivity contribution in [1.82, 2.24) is 4.90 Å². The molecule has 1 aromatic rings. The van der Waals surface area contributed by atoms with E-state index in [0.29, 0.717) is 19.5 Å². The number of hydrogen-bond acceptors (Lipinski definition) is 4.